The lowest BCUT2D eigenvalue weighted by Gasteiger charge is -2.13. The fraction of sp³-hybridized carbons (Fsp3) is 0.500. The van der Waals surface area contributed by atoms with Crippen molar-refractivity contribution < 1.29 is 9.53 Å². The Balaban J connectivity index is 2.81. The number of nitrogens with zero attached hydrogens (tertiary/aromatic N) is 1. The Bertz CT molecular complexity index is 314. The summed E-state index contributed by atoms with van der Waals surface area (Å²) in [5.41, 5.74) is 5.71. The van der Waals surface area contributed by atoms with Crippen LogP contribution in [-0.4, -0.2) is 11.1 Å². The summed E-state index contributed by atoms with van der Waals surface area (Å²) in [5.74, 6) is 0. The average Bonchev–Trinajstić information content (AvgIpc) is 2.32. The van der Waals surface area contributed by atoms with Gasteiger partial charge in [0.05, 0.1) is 5.69 Å². The highest BCUT2D eigenvalue weighted by Crippen LogP contribution is 2.27. The second-order valence-electron chi connectivity index (χ2n) is 3.67. The van der Waals surface area contributed by atoms with Crippen LogP contribution in [-0.2, 0) is 5.41 Å². The van der Waals surface area contributed by atoms with E-state index in [1.807, 2.05) is 26.2 Å². The van der Waals surface area contributed by atoms with Crippen LogP contribution < -0.4 is 10.5 Å². The highest BCUT2D eigenvalue weighted by molar-refractivity contribution is 7.11. The second kappa shape index (κ2) is 3.33. The monoisotopic (exact) mass is 200 g/mol. The third-order valence-corrected chi connectivity index (χ3v) is 2.16. The van der Waals surface area contributed by atoms with E-state index in [1.54, 1.807) is 0 Å². The predicted octanol–water partition coefficient (Wildman–Crippen LogP) is 1.90. The number of nitrogens with two attached hydrogens (primary N) is 1. The van der Waals surface area contributed by atoms with Crippen molar-refractivity contribution in [1.29, 1.82) is 0 Å². The zero-order valence-electron chi connectivity index (χ0n) is 7.83. The fourth-order valence-electron chi connectivity index (χ4n) is 0.735. The molecule has 0 atom stereocenters. The Labute approximate surface area is 80.7 Å². The number of carbonyl (C=O) groups is 1. The minimum Gasteiger partial charge on any atom is -0.381 e. The highest BCUT2D eigenvalue weighted by atomic mass is 32.1. The third-order valence-electron chi connectivity index (χ3n) is 1.44. The summed E-state index contributed by atoms with van der Waals surface area (Å²) >= 11 is 1.27. The molecule has 0 aliphatic heterocycles. The van der Waals surface area contributed by atoms with Crippen LogP contribution in [0.2, 0.25) is 0 Å². The van der Waals surface area contributed by atoms with Gasteiger partial charge in [-0.25, -0.2) is 9.78 Å². The van der Waals surface area contributed by atoms with Gasteiger partial charge in [-0.05, 0) is 0 Å². The lowest BCUT2D eigenvalue weighted by atomic mass is 9.93. The predicted molar refractivity (Wildman–Crippen MR) is 51.0 cm³/mol. The summed E-state index contributed by atoms with van der Waals surface area (Å²) in [6, 6.07) is 0. The zero-order chi connectivity index (χ0) is 10.1. The first kappa shape index (κ1) is 9.98. The van der Waals surface area contributed by atoms with Gasteiger partial charge in [-0.15, -0.1) is 0 Å². The molecular weight excluding hydrogens is 188 g/mol. The molecule has 72 valence electrons. The van der Waals surface area contributed by atoms with Gasteiger partial charge < -0.3 is 10.5 Å². The van der Waals surface area contributed by atoms with E-state index >= 15 is 0 Å². The van der Waals surface area contributed by atoms with Crippen molar-refractivity contribution in [3.8, 4) is 5.19 Å². The third kappa shape index (κ3) is 2.69. The molecule has 13 heavy (non-hydrogen) atoms. The van der Waals surface area contributed by atoms with Crippen LogP contribution in [0.15, 0.2) is 5.38 Å². The molecule has 0 aliphatic carbocycles. The fourth-order valence-corrected chi connectivity index (χ4v) is 1.63. The van der Waals surface area contributed by atoms with Crippen LogP contribution in [0.5, 0.6) is 5.19 Å². The van der Waals surface area contributed by atoms with Crippen molar-refractivity contribution in [3.63, 3.8) is 0 Å². The molecule has 1 aromatic rings. The molecule has 0 fully saturated rings. The van der Waals surface area contributed by atoms with Gasteiger partial charge in [0.2, 0.25) is 0 Å². The Morgan fingerprint density at radius 1 is 1.62 bits per heavy atom. The maximum atomic E-state index is 10.4. The van der Waals surface area contributed by atoms with Crippen molar-refractivity contribution in [2.24, 2.45) is 5.73 Å². The summed E-state index contributed by atoms with van der Waals surface area (Å²) in [4.78, 5) is 14.5. The van der Waals surface area contributed by atoms with Crippen molar-refractivity contribution in [2.75, 3.05) is 0 Å². The van der Waals surface area contributed by atoms with Crippen LogP contribution in [0.3, 0.4) is 0 Å². The molecule has 1 rings (SSSR count). The number of aromatic nitrogens is 1. The number of ether oxygens (including phenoxy) is 1. The van der Waals surface area contributed by atoms with Crippen LogP contribution in [0.25, 0.3) is 0 Å². The van der Waals surface area contributed by atoms with Gasteiger partial charge in [-0.3, -0.25) is 0 Å². The zero-order valence-corrected chi connectivity index (χ0v) is 8.64. The normalized spacial score (nSPS) is 11.3. The summed E-state index contributed by atoms with van der Waals surface area (Å²) in [6.07, 6.45) is -0.824. The number of amides is 1. The van der Waals surface area contributed by atoms with E-state index in [9.17, 15) is 4.79 Å². The summed E-state index contributed by atoms with van der Waals surface area (Å²) in [6.45, 7) is 6.11. The van der Waals surface area contributed by atoms with Gasteiger partial charge in [-0.1, -0.05) is 32.1 Å². The van der Waals surface area contributed by atoms with Crippen LogP contribution in [0.4, 0.5) is 4.79 Å². The van der Waals surface area contributed by atoms with Crippen LogP contribution in [0.1, 0.15) is 26.5 Å². The molecule has 4 nitrogen and oxygen atoms in total. The Kier molecular flexibility index (Phi) is 2.56. The molecule has 0 bridgehead atoms. The van der Waals surface area contributed by atoms with Crippen LogP contribution in [0, 0.1) is 0 Å². The van der Waals surface area contributed by atoms with Crippen molar-refractivity contribution in [2.45, 2.75) is 26.2 Å². The number of thiazole rings is 1. The van der Waals surface area contributed by atoms with E-state index in [1.165, 1.54) is 11.3 Å². The maximum absolute atomic E-state index is 10.4. The van der Waals surface area contributed by atoms with E-state index < -0.39 is 6.09 Å². The molecule has 0 spiro atoms. The first-order valence-electron chi connectivity index (χ1n) is 3.83. The average molecular weight is 200 g/mol. The first-order valence-corrected chi connectivity index (χ1v) is 4.71. The smallest absolute Gasteiger partial charge is 0.381 e. The van der Waals surface area contributed by atoms with Gasteiger partial charge in [-0.2, -0.15) is 0 Å². The standard InChI is InChI=1S/C8H12N2O2S/c1-8(2,3)5-4-13-7(10-5)12-6(9)11/h4H,1-3H3,(H2,9,11). The molecule has 0 aliphatic rings. The highest BCUT2D eigenvalue weighted by Gasteiger charge is 2.18. The SMILES string of the molecule is CC(C)(C)c1csc(OC(N)=O)n1. The summed E-state index contributed by atoms with van der Waals surface area (Å²) < 4.78 is 4.64. The lowest BCUT2D eigenvalue weighted by Crippen LogP contribution is -2.17. The lowest BCUT2D eigenvalue weighted by molar-refractivity contribution is 0.210. The molecule has 0 saturated heterocycles. The van der Waals surface area contributed by atoms with Crippen molar-refractivity contribution >= 4 is 17.4 Å². The Hall–Kier alpha value is -1.10. The maximum Gasteiger partial charge on any atom is 0.411 e. The Morgan fingerprint density at radius 2 is 2.23 bits per heavy atom. The molecule has 0 saturated carbocycles. The van der Waals surface area contributed by atoms with E-state index in [-0.39, 0.29) is 5.41 Å². The van der Waals surface area contributed by atoms with Gasteiger partial charge in [0.25, 0.3) is 5.19 Å². The molecule has 5 heteroatoms. The van der Waals surface area contributed by atoms with Gasteiger partial charge in [0.1, 0.15) is 0 Å². The number of carbonyl (C=O) groups excluding carboxylic acids is 1. The number of hydrogen-bond acceptors (Lipinski definition) is 4. The second-order valence-corrected chi connectivity index (χ2v) is 4.49. The van der Waals surface area contributed by atoms with E-state index in [2.05, 4.69) is 9.72 Å². The number of hydrogen-bond donors (Lipinski definition) is 1. The molecular formula is C8H12N2O2S. The van der Waals surface area contributed by atoms with Crippen molar-refractivity contribution in [1.82, 2.24) is 4.98 Å². The molecule has 1 amide bonds. The molecule has 1 heterocycles. The molecule has 0 unspecified atom stereocenters. The van der Waals surface area contributed by atoms with E-state index in [4.69, 9.17) is 5.73 Å². The molecule has 1 aromatic heterocycles. The largest absolute Gasteiger partial charge is 0.411 e. The van der Waals surface area contributed by atoms with E-state index in [0.29, 0.717) is 5.19 Å². The number of primary amides is 1. The molecule has 2 N–H and O–H groups in total. The van der Waals surface area contributed by atoms with Crippen LogP contribution >= 0.6 is 11.3 Å². The molecule has 0 radical (unpaired) electrons. The topological polar surface area (TPSA) is 65.2 Å². The van der Waals surface area contributed by atoms with Gasteiger partial charge >= 0.3 is 6.09 Å². The minimum atomic E-state index is -0.824. The van der Waals surface area contributed by atoms with Crippen molar-refractivity contribution in [3.05, 3.63) is 11.1 Å². The molecule has 0 aromatic carbocycles. The Morgan fingerprint density at radius 3 is 2.62 bits per heavy atom. The first-order chi connectivity index (χ1) is 5.89. The van der Waals surface area contributed by atoms with E-state index in [0.717, 1.165) is 5.69 Å². The quantitative estimate of drug-likeness (QED) is 0.753. The van der Waals surface area contributed by atoms with Gasteiger partial charge in [0.15, 0.2) is 0 Å². The van der Waals surface area contributed by atoms with Gasteiger partial charge in [0, 0.05) is 10.8 Å². The summed E-state index contributed by atoms with van der Waals surface area (Å²) in [7, 11) is 0. The number of rotatable bonds is 1. The summed E-state index contributed by atoms with van der Waals surface area (Å²) in [5, 5.41) is 2.16. The minimum absolute atomic E-state index is 0.0320.